The zero-order valence-electron chi connectivity index (χ0n) is 11.8. The average molecular weight is 352 g/mol. The molecule has 1 heterocycles. The maximum absolute atomic E-state index is 13.2. The van der Waals surface area contributed by atoms with Crippen molar-refractivity contribution in [3.05, 3.63) is 35.2 Å². The predicted octanol–water partition coefficient (Wildman–Crippen LogP) is 4.49. The van der Waals surface area contributed by atoms with Crippen molar-refractivity contribution in [2.75, 3.05) is 6.26 Å². The zero-order valence-corrected chi connectivity index (χ0v) is 13.4. The molecule has 1 atom stereocenters. The number of benzene rings is 1. The summed E-state index contributed by atoms with van der Waals surface area (Å²) in [6.07, 6.45) is 3.50. The number of hydrogen-bond acceptors (Lipinski definition) is 3. The summed E-state index contributed by atoms with van der Waals surface area (Å²) in [6, 6.07) is 8.68. The van der Waals surface area contributed by atoms with Gasteiger partial charge in [0.15, 0.2) is 9.58 Å². The van der Waals surface area contributed by atoms with E-state index in [0.29, 0.717) is 15.8 Å². The number of fused-ring (bicyclic) bond motifs is 1. The Morgan fingerprint density at radius 2 is 1.77 bits per heavy atom. The Balaban J connectivity index is 0.000000309. The van der Waals surface area contributed by atoms with E-state index in [9.17, 15) is 13.2 Å². The molecular formula is C14H15F3O3S2. The molecule has 2 aromatic rings. The molecule has 1 aliphatic rings. The molecule has 3 nitrogen and oxygen atoms in total. The average Bonchev–Trinajstić information content (AvgIpc) is 2.61. The Kier molecular flexibility index (Phi) is 4.84. The molecule has 3 rings (SSSR count). The Bertz CT molecular complexity index is 751. The van der Waals surface area contributed by atoms with Crippen LogP contribution in [-0.4, -0.2) is 19.2 Å². The van der Waals surface area contributed by atoms with Gasteiger partial charge in [-0.25, -0.2) is 8.42 Å². The molecule has 122 valence electrons. The van der Waals surface area contributed by atoms with E-state index in [4.69, 9.17) is 13.0 Å². The van der Waals surface area contributed by atoms with Gasteiger partial charge in [0.1, 0.15) is 0 Å². The summed E-state index contributed by atoms with van der Waals surface area (Å²) in [4.78, 5) is 0.616. The fraction of sp³-hybridized carbons (Fsp3) is 0.429. The van der Waals surface area contributed by atoms with E-state index in [2.05, 4.69) is 0 Å². The van der Waals surface area contributed by atoms with Crippen LogP contribution in [0.15, 0.2) is 30.3 Å². The van der Waals surface area contributed by atoms with E-state index in [0.717, 1.165) is 24.6 Å². The van der Waals surface area contributed by atoms with Crippen LogP contribution in [0.3, 0.4) is 0 Å². The summed E-state index contributed by atoms with van der Waals surface area (Å²) in [5.41, 5.74) is -4.13. The van der Waals surface area contributed by atoms with Gasteiger partial charge in [0.2, 0.25) is 0 Å². The highest BCUT2D eigenvalue weighted by molar-refractivity contribution is 7.84. The van der Waals surface area contributed by atoms with Crippen molar-refractivity contribution in [2.45, 2.75) is 30.7 Å². The lowest BCUT2D eigenvalue weighted by Crippen LogP contribution is -2.10. The highest BCUT2D eigenvalue weighted by Gasteiger charge is 2.49. The molecule has 0 spiro atoms. The largest absolute Gasteiger partial charge is 0.748 e. The maximum atomic E-state index is 13.2. The van der Waals surface area contributed by atoms with Gasteiger partial charge >= 0.3 is 5.51 Å². The van der Waals surface area contributed by atoms with Crippen molar-refractivity contribution in [1.82, 2.24) is 0 Å². The number of rotatable bonds is 1. The summed E-state index contributed by atoms with van der Waals surface area (Å²) in [5, 5.41) is 0.759. The van der Waals surface area contributed by atoms with Crippen LogP contribution < -0.4 is 0 Å². The molecular weight excluding hydrogens is 337 g/mol. The lowest BCUT2D eigenvalue weighted by molar-refractivity contribution is -0.0868. The van der Waals surface area contributed by atoms with Gasteiger partial charge in [-0.3, -0.25) is 0 Å². The number of thiophene rings is 1. The summed E-state index contributed by atoms with van der Waals surface area (Å²) < 4.78 is 67.2. The monoisotopic (exact) mass is 352 g/mol. The summed E-state index contributed by atoms with van der Waals surface area (Å²) in [7, 11) is -5.59. The SMILES string of the molecule is CS(=O)(=O)[O-].FC(F)(F)[s+]1c(C2CCC2)cc2ccccc21. The molecule has 22 heavy (non-hydrogen) atoms. The first-order chi connectivity index (χ1) is 10.1. The van der Waals surface area contributed by atoms with Crippen LogP contribution >= 0.6 is 10.5 Å². The Hall–Kier alpha value is -1.12. The van der Waals surface area contributed by atoms with Crippen LogP contribution in [0.25, 0.3) is 10.1 Å². The molecule has 0 amide bonds. The van der Waals surface area contributed by atoms with Crippen molar-refractivity contribution in [1.29, 1.82) is 0 Å². The molecule has 0 N–H and O–H groups in total. The van der Waals surface area contributed by atoms with Crippen LogP contribution in [0.5, 0.6) is 0 Å². The lowest BCUT2D eigenvalue weighted by Gasteiger charge is -2.21. The van der Waals surface area contributed by atoms with Gasteiger partial charge in [-0.15, -0.1) is 13.2 Å². The van der Waals surface area contributed by atoms with E-state index in [-0.39, 0.29) is 5.92 Å². The van der Waals surface area contributed by atoms with Crippen molar-refractivity contribution < 1.29 is 26.1 Å². The second kappa shape index (κ2) is 6.17. The molecule has 0 bridgehead atoms. The molecule has 1 aliphatic carbocycles. The number of hydrogen-bond donors (Lipinski definition) is 0. The van der Waals surface area contributed by atoms with Crippen LogP contribution in [0.4, 0.5) is 13.2 Å². The van der Waals surface area contributed by atoms with Crippen molar-refractivity contribution in [2.24, 2.45) is 0 Å². The van der Waals surface area contributed by atoms with E-state index in [1.165, 1.54) is 0 Å². The normalized spacial score (nSPS) is 16.9. The highest BCUT2D eigenvalue weighted by Crippen LogP contribution is 2.55. The van der Waals surface area contributed by atoms with E-state index < -0.39 is 26.1 Å². The first-order valence-electron chi connectivity index (χ1n) is 6.60. The number of halogens is 3. The number of alkyl halides is 3. The van der Waals surface area contributed by atoms with Gasteiger partial charge in [0.25, 0.3) is 0 Å². The Morgan fingerprint density at radius 3 is 2.23 bits per heavy atom. The molecule has 0 radical (unpaired) electrons. The second-order valence-electron chi connectivity index (χ2n) is 5.17. The molecule has 0 saturated heterocycles. The highest BCUT2D eigenvalue weighted by atomic mass is 32.2. The maximum Gasteiger partial charge on any atom is 0.600 e. The van der Waals surface area contributed by atoms with Gasteiger partial charge in [-0.1, -0.05) is 18.6 Å². The van der Waals surface area contributed by atoms with Crippen molar-refractivity contribution in [3.8, 4) is 0 Å². The van der Waals surface area contributed by atoms with Crippen LogP contribution in [0, 0.1) is 0 Å². The molecule has 8 heteroatoms. The third-order valence-electron chi connectivity index (χ3n) is 3.41. The molecule has 1 aromatic carbocycles. The molecule has 1 saturated carbocycles. The topological polar surface area (TPSA) is 57.2 Å². The minimum Gasteiger partial charge on any atom is -0.748 e. The molecule has 1 unspecified atom stereocenters. The van der Waals surface area contributed by atoms with Gasteiger partial charge in [-0.05, 0) is 25.0 Å². The Morgan fingerprint density at radius 1 is 1.23 bits per heavy atom. The fourth-order valence-electron chi connectivity index (χ4n) is 2.36. The summed E-state index contributed by atoms with van der Waals surface area (Å²) in [5.74, 6) is 0.160. The van der Waals surface area contributed by atoms with Crippen LogP contribution in [0.1, 0.15) is 30.1 Å². The van der Waals surface area contributed by atoms with Crippen molar-refractivity contribution >= 4 is 30.7 Å². The smallest absolute Gasteiger partial charge is 0.600 e. The van der Waals surface area contributed by atoms with Crippen LogP contribution in [0.2, 0.25) is 0 Å². The summed E-state index contributed by atoms with van der Waals surface area (Å²) >= 11 is 0. The molecule has 1 aromatic heterocycles. The second-order valence-corrected chi connectivity index (χ2v) is 8.56. The van der Waals surface area contributed by atoms with Gasteiger partial charge < -0.3 is 4.55 Å². The Labute approximate surface area is 129 Å². The van der Waals surface area contributed by atoms with Gasteiger partial charge in [-0.2, -0.15) is 0 Å². The quantitative estimate of drug-likeness (QED) is 0.561. The van der Waals surface area contributed by atoms with E-state index >= 15 is 0 Å². The van der Waals surface area contributed by atoms with Crippen LogP contribution in [-0.2, 0) is 15.6 Å². The minimum absolute atomic E-state index is 0.160. The zero-order chi connectivity index (χ0) is 16.5. The van der Waals surface area contributed by atoms with E-state index in [1.807, 2.05) is 0 Å². The first kappa shape index (κ1) is 17.2. The lowest BCUT2D eigenvalue weighted by atomic mass is 9.84. The molecule has 1 fully saturated rings. The third kappa shape index (κ3) is 4.21. The van der Waals surface area contributed by atoms with E-state index in [1.54, 1.807) is 30.3 Å². The molecule has 0 aliphatic heterocycles. The fourth-order valence-corrected chi connectivity index (χ4v) is 4.52. The van der Waals surface area contributed by atoms with Gasteiger partial charge in [0.05, 0.1) is 20.6 Å². The van der Waals surface area contributed by atoms with Gasteiger partial charge in [0, 0.05) is 23.6 Å². The minimum atomic E-state index is -4.13. The van der Waals surface area contributed by atoms with Crippen molar-refractivity contribution in [3.63, 3.8) is 0 Å². The first-order valence-corrected chi connectivity index (χ1v) is 9.64. The third-order valence-corrected chi connectivity index (χ3v) is 5.61. The predicted molar refractivity (Wildman–Crippen MR) is 79.9 cm³/mol. The summed E-state index contributed by atoms with van der Waals surface area (Å²) in [6.45, 7) is 0. The standard InChI is InChI=1S/C13H12F3S.CH4O3S/c14-13(15,16)17-11-7-2-1-4-10(11)8-12(17)9-5-3-6-9;1-5(2,3)4/h1-2,4,7-9H,3,5-6H2;1H3,(H,2,3,4)/q+1;/p-1.